The maximum absolute atomic E-state index is 12.0. The second-order valence-corrected chi connectivity index (χ2v) is 6.50. The number of aryl methyl sites for hydroxylation is 1. The molecule has 2 N–H and O–H groups in total. The zero-order valence-electron chi connectivity index (χ0n) is 10.3. The minimum absolute atomic E-state index is 0.136. The average molecular weight is 319 g/mol. The van der Waals surface area contributed by atoms with Gasteiger partial charge in [-0.2, -0.15) is 4.98 Å². The number of nitrogens with one attached hydrogen (secondary N) is 2. The molecular formula is C8H9N5O5S2. The number of anilines is 2. The zero-order chi connectivity index (χ0) is 14.9. The summed E-state index contributed by atoms with van der Waals surface area (Å²) in [4.78, 5) is 13.8. The Labute approximate surface area is 117 Å². The summed E-state index contributed by atoms with van der Waals surface area (Å²) >= 11 is 0.728. The maximum Gasteiger partial charge on any atom is 0.335 e. The van der Waals surface area contributed by atoms with Gasteiger partial charge in [-0.05, 0) is 6.92 Å². The Morgan fingerprint density at radius 1 is 1.50 bits per heavy atom. The Hall–Kier alpha value is -2.21. The summed E-state index contributed by atoms with van der Waals surface area (Å²) in [5.41, 5.74) is -0.320. The Morgan fingerprint density at radius 3 is 2.65 bits per heavy atom. The van der Waals surface area contributed by atoms with Crippen LogP contribution in [-0.4, -0.2) is 30.5 Å². The molecule has 2 aromatic rings. The first-order valence-electron chi connectivity index (χ1n) is 5.12. The second kappa shape index (κ2) is 5.05. The molecular weight excluding hydrogens is 310 g/mol. The Balaban J connectivity index is 2.37. The van der Waals surface area contributed by atoms with Gasteiger partial charge in [-0.15, -0.1) is 0 Å². The van der Waals surface area contributed by atoms with Crippen molar-refractivity contribution in [3.05, 3.63) is 22.0 Å². The predicted octanol–water partition coefficient (Wildman–Crippen LogP) is 1.19. The number of aromatic nitrogens is 2. The number of hydrogen-bond donors (Lipinski definition) is 2. The van der Waals surface area contributed by atoms with Crippen LogP contribution in [-0.2, 0) is 10.0 Å². The summed E-state index contributed by atoms with van der Waals surface area (Å²) in [5.74, 6) is 0.260. The van der Waals surface area contributed by atoms with Gasteiger partial charge in [0.2, 0.25) is 0 Å². The highest BCUT2D eigenvalue weighted by Gasteiger charge is 2.27. The van der Waals surface area contributed by atoms with E-state index in [0.29, 0.717) is 0 Å². The molecule has 2 rings (SSSR count). The van der Waals surface area contributed by atoms with E-state index in [9.17, 15) is 18.5 Å². The lowest BCUT2D eigenvalue weighted by atomic mass is 10.5. The van der Waals surface area contributed by atoms with Crippen LogP contribution in [0.3, 0.4) is 0 Å². The van der Waals surface area contributed by atoms with Gasteiger partial charge in [0, 0.05) is 13.1 Å². The van der Waals surface area contributed by atoms with E-state index in [1.807, 2.05) is 0 Å². The lowest BCUT2D eigenvalue weighted by Crippen LogP contribution is -2.11. The summed E-state index contributed by atoms with van der Waals surface area (Å²) in [6.45, 7) is 1.52. The van der Waals surface area contributed by atoms with Gasteiger partial charge in [0.15, 0.2) is 10.8 Å². The molecule has 0 spiro atoms. The van der Waals surface area contributed by atoms with E-state index in [1.54, 1.807) is 0 Å². The van der Waals surface area contributed by atoms with Gasteiger partial charge in [-0.3, -0.25) is 10.1 Å². The second-order valence-electron chi connectivity index (χ2n) is 3.54. The number of thiophene rings is 1. The Bertz CT molecular complexity index is 749. The van der Waals surface area contributed by atoms with Gasteiger partial charge in [0.1, 0.15) is 4.21 Å². The van der Waals surface area contributed by atoms with E-state index >= 15 is 0 Å². The molecule has 0 amide bonds. The molecule has 0 bridgehead atoms. The van der Waals surface area contributed by atoms with E-state index in [-0.39, 0.29) is 26.7 Å². The van der Waals surface area contributed by atoms with Crippen molar-refractivity contribution in [2.45, 2.75) is 11.1 Å². The van der Waals surface area contributed by atoms with Crippen LogP contribution in [0.5, 0.6) is 0 Å². The Kier molecular flexibility index (Phi) is 3.59. The lowest BCUT2D eigenvalue weighted by molar-refractivity contribution is -0.383. The fourth-order valence-corrected chi connectivity index (χ4v) is 3.52. The monoisotopic (exact) mass is 319 g/mol. The standard InChI is InChI=1S/C8H9N5O5S2/c1-4-10-8(18-11-4)12-20(16,17)6-3-5(13(14)15)7(9-2)19-6/h3,9H,1-2H3,(H,10,11,12). The minimum atomic E-state index is -4.02. The van der Waals surface area contributed by atoms with Crippen LogP contribution in [0.1, 0.15) is 5.82 Å². The third-order valence-electron chi connectivity index (χ3n) is 2.13. The highest BCUT2D eigenvalue weighted by atomic mass is 32.2. The number of nitro groups is 1. The van der Waals surface area contributed by atoms with Crippen LogP contribution in [0.4, 0.5) is 16.7 Å². The number of sulfonamides is 1. The molecule has 2 aromatic heterocycles. The van der Waals surface area contributed by atoms with Gasteiger partial charge in [0.05, 0.1) is 4.92 Å². The smallest absolute Gasteiger partial charge is 0.335 e. The minimum Gasteiger partial charge on any atom is -0.374 e. The average Bonchev–Trinajstić information content (AvgIpc) is 2.95. The molecule has 0 saturated carbocycles. The van der Waals surface area contributed by atoms with Gasteiger partial charge >= 0.3 is 11.7 Å². The normalized spacial score (nSPS) is 11.3. The van der Waals surface area contributed by atoms with Crippen LogP contribution in [0.25, 0.3) is 0 Å². The van der Waals surface area contributed by atoms with Gasteiger partial charge in [0.25, 0.3) is 10.0 Å². The molecule has 0 fully saturated rings. The van der Waals surface area contributed by atoms with Gasteiger partial charge < -0.3 is 9.84 Å². The van der Waals surface area contributed by atoms with Crippen molar-refractivity contribution in [1.82, 2.24) is 10.1 Å². The van der Waals surface area contributed by atoms with Crippen LogP contribution in [0.2, 0.25) is 0 Å². The topological polar surface area (TPSA) is 140 Å². The highest BCUT2D eigenvalue weighted by Crippen LogP contribution is 2.37. The fourth-order valence-electron chi connectivity index (χ4n) is 1.31. The molecule has 108 valence electrons. The van der Waals surface area contributed by atoms with Crippen molar-refractivity contribution in [2.75, 3.05) is 17.1 Å². The molecule has 0 unspecified atom stereocenters. The van der Waals surface area contributed by atoms with Crippen molar-refractivity contribution in [2.24, 2.45) is 0 Å². The van der Waals surface area contributed by atoms with Gasteiger partial charge in [-0.25, -0.2) is 13.1 Å². The molecule has 0 aliphatic heterocycles. The number of rotatable bonds is 5. The van der Waals surface area contributed by atoms with Crippen LogP contribution < -0.4 is 10.0 Å². The van der Waals surface area contributed by atoms with Crippen molar-refractivity contribution < 1.29 is 17.9 Å². The SMILES string of the molecule is CNc1sc(S(=O)(=O)Nc2nc(C)no2)cc1[N+](=O)[O-]. The van der Waals surface area contributed by atoms with Gasteiger partial charge in [-0.1, -0.05) is 16.5 Å². The summed E-state index contributed by atoms with van der Waals surface area (Å²) in [6.07, 6.45) is 0. The first-order valence-corrected chi connectivity index (χ1v) is 7.42. The molecule has 0 aromatic carbocycles. The molecule has 0 radical (unpaired) electrons. The molecule has 0 aliphatic rings. The van der Waals surface area contributed by atoms with Crippen molar-refractivity contribution in [1.29, 1.82) is 0 Å². The van der Waals surface area contributed by atoms with E-state index in [1.165, 1.54) is 14.0 Å². The fraction of sp³-hybridized carbons (Fsp3) is 0.250. The van der Waals surface area contributed by atoms with E-state index in [4.69, 9.17) is 0 Å². The summed E-state index contributed by atoms with van der Waals surface area (Å²) < 4.78 is 30.5. The quantitative estimate of drug-likeness (QED) is 0.618. The van der Waals surface area contributed by atoms with E-state index in [2.05, 4.69) is 24.7 Å². The molecule has 0 saturated heterocycles. The first kappa shape index (κ1) is 14.2. The largest absolute Gasteiger partial charge is 0.374 e. The number of nitrogens with zero attached hydrogens (tertiary/aromatic N) is 3. The summed E-state index contributed by atoms with van der Waals surface area (Å²) in [7, 11) is -2.56. The lowest BCUT2D eigenvalue weighted by Gasteiger charge is -1.99. The zero-order valence-corrected chi connectivity index (χ0v) is 11.9. The molecule has 12 heteroatoms. The summed E-state index contributed by atoms with van der Waals surface area (Å²) in [5, 5.41) is 16.9. The van der Waals surface area contributed by atoms with Crippen molar-refractivity contribution >= 4 is 38.1 Å². The third kappa shape index (κ3) is 2.70. The highest BCUT2D eigenvalue weighted by molar-refractivity contribution is 7.94. The van der Waals surface area contributed by atoms with E-state index < -0.39 is 14.9 Å². The van der Waals surface area contributed by atoms with Crippen molar-refractivity contribution in [3.63, 3.8) is 0 Å². The van der Waals surface area contributed by atoms with Crippen LogP contribution in [0, 0.1) is 17.0 Å². The van der Waals surface area contributed by atoms with Crippen LogP contribution >= 0.6 is 11.3 Å². The molecule has 2 heterocycles. The molecule has 0 aliphatic carbocycles. The van der Waals surface area contributed by atoms with E-state index in [0.717, 1.165) is 17.4 Å². The van der Waals surface area contributed by atoms with Crippen molar-refractivity contribution in [3.8, 4) is 0 Å². The molecule has 10 nitrogen and oxygen atoms in total. The maximum atomic E-state index is 12.0. The molecule has 20 heavy (non-hydrogen) atoms. The third-order valence-corrected chi connectivity index (χ3v) is 5.06. The van der Waals surface area contributed by atoms with Crippen LogP contribution in [0.15, 0.2) is 14.8 Å². The number of hydrogen-bond acceptors (Lipinski definition) is 9. The molecule has 0 atom stereocenters. The summed E-state index contributed by atoms with van der Waals surface area (Å²) in [6, 6.07) is 0.659. The Morgan fingerprint density at radius 2 is 2.20 bits per heavy atom. The predicted molar refractivity (Wildman–Crippen MR) is 70.4 cm³/mol. The first-order chi connectivity index (χ1) is 9.33.